The first-order chi connectivity index (χ1) is 15.1. The maximum atomic E-state index is 12.5. The van der Waals surface area contributed by atoms with E-state index in [1.807, 2.05) is 78.9 Å². The first-order valence-corrected chi connectivity index (χ1v) is 10.6. The minimum Gasteiger partial charge on any atom is -0.494 e. The molecule has 0 aliphatic heterocycles. The van der Waals surface area contributed by atoms with Crippen molar-refractivity contribution in [1.29, 1.82) is 0 Å². The molecule has 0 aromatic heterocycles. The first kappa shape index (κ1) is 22.2. The average molecular weight is 419 g/mol. The van der Waals surface area contributed by atoms with Gasteiger partial charge in [-0.15, -0.1) is 0 Å². The molecule has 3 rings (SSSR count). The van der Waals surface area contributed by atoms with Gasteiger partial charge in [0.1, 0.15) is 18.1 Å². The lowest BCUT2D eigenvalue weighted by Crippen LogP contribution is -2.22. The molecule has 5 nitrogen and oxygen atoms in total. The van der Waals surface area contributed by atoms with Crippen LogP contribution in [-0.2, 0) is 11.4 Å². The van der Waals surface area contributed by atoms with Gasteiger partial charge in [-0.2, -0.15) is 0 Å². The second-order valence-electron chi connectivity index (χ2n) is 7.73. The van der Waals surface area contributed by atoms with Crippen LogP contribution < -0.4 is 20.1 Å². The third kappa shape index (κ3) is 7.70. The topological polar surface area (TPSA) is 59.6 Å². The smallest absolute Gasteiger partial charge is 0.243 e. The van der Waals surface area contributed by atoms with Gasteiger partial charge in [0, 0.05) is 11.8 Å². The van der Waals surface area contributed by atoms with E-state index >= 15 is 0 Å². The second kappa shape index (κ2) is 11.6. The molecular weight excluding hydrogens is 388 g/mol. The van der Waals surface area contributed by atoms with Crippen LogP contribution in [0.5, 0.6) is 11.5 Å². The van der Waals surface area contributed by atoms with Crippen LogP contribution in [0.25, 0.3) is 0 Å². The van der Waals surface area contributed by atoms with Crippen LogP contribution in [-0.4, -0.2) is 19.1 Å². The Bertz CT molecular complexity index is 958. The standard InChI is InChI=1S/C26H30N2O3/c1-20(2)15-16-30-23-12-8-11-22(17-23)27-18-26(29)28-24-13-6-7-14-25(24)31-19-21-9-4-3-5-10-21/h3-14,17,20,27H,15-16,18-19H2,1-2H3,(H,28,29). The van der Waals surface area contributed by atoms with Crippen molar-refractivity contribution in [3.8, 4) is 11.5 Å². The third-order valence-electron chi connectivity index (χ3n) is 4.65. The van der Waals surface area contributed by atoms with Crippen LogP contribution in [0.15, 0.2) is 78.9 Å². The number of carbonyl (C=O) groups is 1. The van der Waals surface area contributed by atoms with Crippen molar-refractivity contribution in [2.24, 2.45) is 5.92 Å². The summed E-state index contributed by atoms with van der Waals surface area (Å²) in [5.74, 6) is 1.89. The van der Waals surface area contributed by atoms with E-state index in [4.69, 9.17) is 9.47 Å². The Morgan fingerprint density at radius 2 is 1.68 bits per heavy atom. The number of para-hydroxylation sites is 2. The van der Waals surface area contributed by atoms with E-state index in [0.717, 1.165) is 23.4 Å². The number of benzene rings is 3. The van der Waals surface area contributed by atoms with Crippen LogP contribution >= 0.6 is 0 Å². The Labute approximate surface area is 184 Å². The molecule has 2 N–H and O–H groups in total. The molecule has 0 heterocycles. The van der Waals surface area contributed by atoms with Crippen molar-refractivity contribution in [3.05, 3.63) is 84.4 Å². The number of rotatable bonds is 11. The zero-order valence-electron chi connectivity index (χ0n) is 18.1. The monoisotopic (exact) mass is 418 g/mol. The SMILES string of the molecule is CC(C)CCOc1cccc(NCC(=O)Nc2ccccc2OCc2ccccc2)c1. The van der Waals surface area contributed by atoms with Crippen LogP contribution in [0.1, 0.15) is 25.8 Å². The molecule has 0 aliphatic rings. The van der Waals surface area contributed by atoms with E-state index in [-0.39, 0.29) is 12.5 Å². The van der Waals surface area contributed by atoms with Gasteiger partial charge in [0.05, 0.1) is 18.8 Å². The van der Waals surface area contributed by atoms with Gasteiger partial charge in [0.25, 0.3) is 0 Å². The molecule has 0 unspecified atom stereocenters. The molecule has 0 fully saturated rings. The van der Waals surface area contributed by atoms with E-state index in [9.17, 15) is 4.79 Å². The first-order valence-electron chi connectivity index (χ1n) is 10.6. The highest BCUT2D eigenvalue weighted by Gasteiger charge is 2.08. The number of amides is 1. The van der Waals surface area contributed by atoms with E-state index in [1.54, 1.807) is 0 Å². The highest BCUT2D eigenvalue weighted by Crippen LogP contribution is 2.25. The summed E-state index contributed by atoms with van der Waals surface area (Å²) in [6.45, 7) is 5.61. The Balaban J connectivity index is 1.51. The molecule has 1 amide bonds. The van der Waals surface area contributed by atoms with Crippen molar-refractivity contribution in [2.45, 2.75) is 26.9 Å². The summed E-state index contributed by atoms with van der Waals surface area (Å²) in [6.07, 6.45) is 1.01. The van der Waals surface area contributed by atoms with Crippen LogP contribution in [0, 0.1) is 5.92 Å². The molecule has 3 aromatic rings. The Kier molecular flexibility index (Phi) is 8.35. The highest BCUT2D eigenvalue weighted by atomic mass is 16.5. The molecule has 0 bridgehead atoms. The van der Waals surface area contributed by atoms with Crippen molar-refractivity contribution in [3.63, 3.8) is 0 Å². The predicted molar refractivity (Wildman–Crippen MR) is 126 cm³/mol. The van der Waals surface area contributed by atoms with Crippen molar-refractivity contribution >= 4 is 17.3 Å². The number of anilines is 2. The van der Waals surface area contributed by atoms with Gasteiger partial charge < -0.3 is 20.1 Å². The van der Waals surface area contributed by atoms with Crippen molar-refractivity contribution < 1.29 is 14.3 Å². The summed E-state index contributed by atoms with van der Waals surface area (Å²) in [5.41, 5.74) is 2.56. The zero-order valence-corrected chi connectivity index (χ0v) is 18.1. The van der Waals surface area contributed by atoms with Gasteiger partial charge in [0.2, 0.25) is 5.91 Å². The predicted octanol–water partition coefficient (Wildman–Crippen LogP) is 5.74. The quantitative estimate of drug-likeness (QED) is 0.417. The Morgan fingerprint density at radius 3 is 2.48 bits per heavy atom. The number of hydrogen-bond donors (Lipinski definition) is 2. The second-order valence-corrected chi connectivity index (χ2v) is 7.73. The Morgan fingerprint density at radius 1 is 0.903 bits per heavy atom. The fourth-order valence-corrected chi connectivity index (χ4v) is 2.92. The molecule has 0 atom stereocenters. The molecule has 162 valence electrons. The molecule has 0 saturated heterocycles. The molecule has 0 saturated carbocycles. The number of hydrogen-bond acceptors (Lipinski definition) is 4. The van der Waals surface area contributed by atoms with Gasteiger partial charge in [-0.25, -0.2) is 0 Å². The average Bonchev–Trinajstić information content (AvgIpc) is 2.78. The van der Waals surface area contributed by atoms with Crippen LogP contribution in [0.4, 0.5) is 11.4 Å². The third-order valence-corrected chi connectivity index (χ3v) is 4.65. The molecular formula is C26H30N2O3. The number of nitrogens with one attached hydrogen (secondary N) is 2. The lowest BCUT2D eigenvalue weighted by atomic mass is 10.1. The van der Waals surface area contributed by atoms with E-state index in [0.29, 0.717) is 30.6 Å². The van der Waals surface area contributed by atoms with Crippen molar-refractivity contribution in [1.82, 2.24) is 0 Å². The molecule has 0 spiro atoms. The van der Waals surface area contributed by atoms with Gasteiger partial charge in [-0.05, 0) is 42.2 Å². The summed E-state index contributed by atoms with van der Waals surface area (Å²) >= 11 is 0. The van der Waals surface area contributed by atoms with Gasteiger partial charge >= 0.3 is 0 Å². The summed E-state index contributed by atoms with van der Waals surface area (Å²) in [5, 5.41) is 6.07. The number of ether oxygens (including phenoxy) is 2. The molecule has 3 aromatic carbocycles. The fraction of sp³-hybridized carbons (Fsp3) is 0.269. The largest absolute Gasteiger partial charge is 0.494 e. The normalized spacial score (nSPS) is 10.5. The number of carbonyl (C=O) groups excluding carboxylic acids is 1. The van der Waals surface area contributed by atoms with Gasteiger partial charge in [0.15, 0.2) is 0 Å². The maximum absolute atomic E-state index is 12.5. The molecule has 5 heteroatoms. The zero-order chi connectivity index (χ0) is 21.9. The summed E-state index contributed by atoms with van der Waals surface area (Å²) in [7, 11) is 0. The molecule has 31 heavy (non-hydrogen) atoms. The molecule has 0 radical (unpaired) electrons. The van der Waals surface area contributed by atoms with E-state index in [2.05, 4.69) is 24.5 Å². The van der Waals surface area contributed by atoms with Crippen molar-refractivity contribution in [2.75, 3.05) is 23.8 Å². The lowest BCUT2D eigenvalue weighted by molar-refractivity contribution is -0.114. The summed E-state index contributed by atoms with van der Waals surface area (Å²) in [6, 6.07) is 25.0. The summed E-state index contributed by atoms with van der Waals surface area (Å²) < 4.78 is 11.7. The minimum atomic E-state index is -0.151. The fourth-order valence-electron chi connectivity index (χ4n) is 2.92. The minimum absolute atomic E-state index is 0.141. The van der Waals surface area contributed by atoms with Crippen LogP contribution in [0.2, 0.25) is 0 Å². The van der Waals surface area contributed by atoms with Crippen LogP contribution in [0.3, 0.4) is 0 Å². The van der Waals surface area contributed by atoms with E-state index < -0.39 is 0 Å². The lowest BCUT2D eigenvalue weighted by Gasteiger charge is -2.14. The highest BCUT2D eigenvalue weighted by molar-refractivity contribution is 5.95. The van der Waals surface area contributed by atoms with E-state index in [1.165, 1.54) is 0 Å². The summed E-state index contributed by atoms with van der Waals surface area (Å²) in [4.78, 5) is 12.5. The van der Waals surface area contributed by atoms with Gasteiger partial charge in [-0.3, -0.25) is 4.79 Å². The Hall–Kier alpha value is -3.47. The van der Waals surface area contributed by atoms with Gasteiger partial charge in [-0.1, -0.05) is 62.4 Å². The molecule has 0 aliphatic carbocycles. The maximum Gasteiger partial charge on any atom is 0.243 e.